The Morgan fingerprint density at radius 2 is 2.10 bits per heavy atom. The molecular formula is C15H18N6. The van der Waals surface area contributed by atoms with Crippen molar-refractivity contribution in [2.45, 2.75) is 13.0 Å². The summed E-state index contributed by atoms with van der Waals surface area (Å²) in [5, 5.41) is 7.44. The Bertz CT molecular complexity index is 707. The summed E-state index contributed by atoms with van der Waals surface area (Å²) in [6.45, 7) is 1.79. The van der Waals surface area contributed by atoms with E-state index < -0.39 is 0 Å². The van der Waals surface area contributed by atoms with Gasteiger partial charge in [0, 0.05) is 37.9 Å². The molecule has 0 aliphatic rings. The lowest BCUT2D eigenvalue weighted by molar-refractivity contribution is 0.660. The Kier molecular flexibility index (Phi) is 3.95. The molecule has 2 N–H and O–H groups in total. The van der Waals surface area contributed by atoms with Gasteiger partial charge in [0.2, 0.25) is 5.95 Å². The number of rotatable bonds is 6. The maximum Gasteiger partial charge on any atom is 0.224 e. The Morgan fingerprint density at radius 3 is 2.90 bits per heavy atom. The third-order valence-electron chi connectivity index (χ3n) is 3.27. The fourth-order valence-corrected chi connectivity index (χ4v) is 2.21. The quantitative estimate of drug-likeness (QED) is 0.679. The first-order chi connectivity index (χ1) is 10.4. The van der Waals surface area contributed by atoms with E-state index in [1.807, 2.05) is 43.8 Å². The highest BCUT2D eigenvalue weighted by Crippen LogP contribution is 2.21. The minimum atomic E-state index is 0.630. The number of nitrogens with one attached hydrogen (secondary N) is 2. The Morgan fingerprint density at radius 1 is 1.19 bits per heavy atom. The number of aryl methyl sites for hydroxylation is 1. The molecule has 0 fully saturated rings. The number of fused-ring (bicyclic) bond motifs is 1. The van der Waals surface area contributed by atoms with Gasteiger partial charge < -0.3 is 15.2 Å². The summed E-state index contributed by atoms with van der Waals surface area (Å²) in [6.07, 6.45) is 6.60. The highest BCUT2D eigenvalue weighted by Gasteiger charge is 2.05. The van der Waals surface area contributed by atoms with Crippen LogP contribution in [0, 0.1) is 0 Å². The molecule has 0 atom stereocenters. The molecule has 21 heavy (non-hydrogen) atoms. The van der Waals surface area contributed by atoms with E-state index >= 15 is 0 Å². The Labute approximate surface area is 123 Å². The van der Waals surface area contributed by atoms with E-state index in [4.69, 9.17) is 0 Å². The van der Waals surface area contributed by atoms with Crippen LogP contribution >= 0.6 is 0 Å². The van der Waals surface area contributed by atoms with Crippen molar-refractivity contribution in [3.05, 3.63) is 43.0 Å². The minimum absolute atomic E-state index is 0.630. The lowest BCUT2D eigenvalue weighted by Gasteiger charge is -2.10. The van der Waals surface area contributed by atoms with Crippen LogP contribution in [0.1, 0.15) is 6.42 Å². The predicted molar refractivity (Wildman–Crippen MR) is 84.4 cm³/mol. The summed E-state index contributed by atoms with van der Waals surface area (Å²) in [4.78, 5) is 13.0. The molecule has 0 unspecified atom stereocenters. The molecule has 0 radical (unpaired) electrons. The Hall–Kier alpha value is -2.63. The van der Waals surface area contributed by atoms with Crippen molar-refractivity contribution in [1.29, 1.82) is 0 Å². The van der Waals surface area contributed by atoms with Crippen LogP contribution in [-0.4, -0.2) is 33.1 Å². The maximum absolute atomic E-state index is 4.50. The van der Waals surface area contributed by atoms with Gasteiger partial charge in [-0.15, -0.1) is 0 Å². The molecule has 0 spiro atoms. The standard InChI is InChI=1S/C15H18N6/c1-16-15-19-13-6-3-2-5-12(13)14(20-15)18-7-4-9-21-10-8-17-11-21/h2-3,5-6,8,10-11H,4,7,9H2,1H3,(H2,16,18,19,20). The molecule has 0 saturated heterocycles. The number of nitrogens with zero attached hydrogens (tertiary/aromatic N) is 4. The summed E-state index contributed by atoms with van der Waals surface area (Å²) < 4.78 is 2.07. The lowest BCUT2D eigenvalue weighted by Crippen LogP contribution is -2.09. The lowest BCUT2D eigenvalue weighted by atomic mass is 10.2. The molecule has 3 rings (SSSR count). The van der Waals surface area contributed by atoms with Gasteiger partial charge in [-0.2, -0.15) is 4.98 Å². The third kappa shape index (κ3) is 3.10. The van der Waals surface area contributed by atoms with Crippen molar-refractivity contribution < 1.29 is 0 Å². The first-order valence-corrected chi connectivity index (χ1v) is 7.01. The third-order valence-corrected chi connectivity index (χ3v) is 3.27. The second-order valence-electron chi connectivity index (χ2n) is 4.74. The van der Waals surface area contributed by atoms with Crippen molar-refractivity contribution in [3.8, 4) is 0 Å². The Balaban J connectivity index is 1.70. The highest BCUT2D eigenvalue weighted by molar-refractivity contribution is 5.89. The molecule has 0 aliphatic carbocycles. The van der Waals surface area contributed by atoms with Crippen LogP contribution in [0.4, 0.5) is 11.8 Å². The number of para-hydroxylation sites is 1. The average molecular weight is 282 g/mol. The van der Waals surface area contributed by atoms with Gasteiger partial charge in [-0.25, -0.2) is 9.97 Å². The van der Waals surface area contributed by atoms with Crippen LogP contribution in [0.5, 0.6) is 0 Å². The van der Waals surface area contributed by atoms with Gasteiger partial charge in [-0.3, -0.25) is 0 Å². The van der Waals surface area contributed by atoms with E-state index in [0.29, 0.717) is 5.95 Å². The van der Waals surface area contributed by atoms with Crippen LogP contribution < -0.4 is 10.6 Å². The van der Waals surface area contributed by atoms with Crippen LogP contribution in [0.3, 0.4) is 0 Å². The second-order valence-corrected chi connectivity index (χ2v) is 4.74. The highest BCUT2D eigenvalue weighted by atomic mass is 15.1. The number of anilines is 2. The normalized spacial score (nSPS) is 10.7. The number of imidazole rings is 1. The van der Waals surface area contributed by atoms with Gasteiger partial charge in [0.1, 0.15) is 5.82 Å². The molecule has 2 aromatic heterocycles. The smallest absolute Gasteiger partial charge is 0.224 e. The van der Waals surface area contributed by atoms with E-state index in [-0.39, 0.29) is 0 Å². The maximum atomic E-state index is 4.50. The van der Waals surface area contributed by atoms with Crippen molar-refractivity contribution in [2.75, 3.05) is 24.2 Å². The summed E-state index contributed by atoms with van der Waals surface area (Å²) in [6, 6.07) is 8.01. The fraction of sp³-hybridized carbons (Fsp3) is 0.267. The molecular weight excluding hydrogens is 264 g/mol. The predicted octanol–water partition coefficient (Wildman–Crippen LogP) is 2.37. The first-order valence-electron chi connectivity index (χ1n) is 7.01. The van der Waals surface area contributed by atoms with Gasteiger partial charge in [0.15, 0.2) is 0 Å². The zero-order valence-corrected chi connectivity index (χ0v) is 12.0. The number of hydrogen-bond donors (Lipinski definition) is 2. The molecule has 0 amide bonds. The molecule has 1 aromatic carbocycles. The van der Waals surface area contributed by atoms with Crippen LogP contribution in [0.25, 0.3) is 10.9 Å². The number of benzene rings is 1. The van der Waals surface area contributed by atoms with Gasteiger partial charge in [-0.05, 0) is 18.6 Å². The van der Waals surface area contributed by atoms with E-state index in [2.05, 4.69) is 30.2 Å². The monoisotopic (exact) mass is 282 g/mol. The van der Waals surface area contributed by atoms with Crippen LogP contribution in [0.2, 0.25) is 0 Å². The summed E-state index contributed by atoms with van der Waals surface area (Å²) in [5.74, 6) is 1.50. The summed E-state index contributed by atoms with van der Waals surface area (Å²) in [7, 11) is 1.83. The fourth-order valence-electron chi connectivity index (χ4n) is 2.21. The van der Waals surface area contributed by atoms with Gasteiger partial charge >= 0.3 is 0 Å². The summed E-state index contributed by atoms with van der Waals surface area (Å²) in [5.41, 5.74) is 0.939. The molecule has 0 aliphatic heterocycles. The van der Waals surface area contributed by atoms with Crippen molar-refractivity contribution >= 4 is 22.7 Å². The molecule has 3 aromatic rings. The van der Waals surface area contributed by atoms with Crippen LogP contribution in [0.15, 0.2) is 43.0 Å². The minimum Gasteiger partial charge on any atom is -0.369 e. The zero-order valence-electron chi connectivity index (χ0n) is 12.0. The SMILES string of the molecule is CNc1nc(NCCCn2ccnc2)c2ccccc2n1. The number of hydrogen-bond acceptors (Lipinski definition) is 5. The van der Waals surface area contributed by atoms with Gasteiger partial charge in [-0.1, -0.05) is 12.1 Å². The molecule has 0 bridgehead atoms. The van der Waals surface area contributed by atoms with Gasteiger partial charge in [0.25, 0.3) is 0 Å². The van der Waals surface area contributed by atoms with E-state index in [1.165, 1.54) is 0 Å². The molecule has 108 valence electrons. The second kappa shape index (κ2) is 6.21. The van der Waals surface area contributed by atoms with Crippen LogP contribution in [-0.2, 0) is 6.54 Å². The first kappa shape index (κ1) is 13.4. The summed E-state index contributed by atoms with van der Waals surface area (Å²) >= 11 is 0. The van der Waals surface area contributed by atoms with Crippen molar-refractivity contribution in [1.82, 2.24) is 19.5 Å². The number of aromatic nitrogens is 4. The topological polar surface area (TPSA) is 67.7 Å². The zero-order chi connectivity index (χ0) is 14.5. The molecule has 6 nitrogen and oxygen atoms in total. The van der Waals surface area contributed by atoms with Crippen molar-refractivity contribution in [3.63, 3.8) is 0 Å². The molecule has 2 heterocycles. The average Bonchev–Trinajstić information content (AvgIpc) is 3.04. The van der Waals surface area contributed by atoms with Gasteiger partial charge in [0.05, 0.1) is 11.8 Å². The molecule has 0 saturated carbocycles. The van der Waals surface area contributed by atoms with E-state index in [1.54, 1.807) is 6.20 Å². The van der Waals surface area contributed by atoms with E-state index in [0.717, 1.165) is 36.2 Å². The largest absolute Gasteiger partial charge is 0.369 e. The van der Waals surface area contributed by atoms with E-state index in [9.17, 15) is 0 Å². The molecule has 6 heteroatoms. The van der Waals surface area contributed by atoms with Crippen molar-refractivity contribution in [2.24, 2.45) is 0 Å².